The van der Waals surface area contributed by atoms with Crippen molar-refractivity contribution >= 4 is 11.6 Å². The maximum Gasteiger partial charge on any atom is 0.0685 e. The molecule has 1 saturated heterocycles. The number of rotatable bonds is 2. The van der Waals surface area contributed by atoms with Crippen molar-refractivity contribution in [3.8, 4) is 0 Å². The van der Waals surface area contributed by atoms with Gasteiger partial charge in [0, 0.05) is 11.1 Å². The summed E-state index contributed by atoms with van der Waals surface area (Å²) in [6, 6.07) is 6.07. The van der Waals surface area contributed by atoms with E-state index in [4.69, 9.17) is 11.6 Å². The number of hydrogen-bond donors (Lipinski definition) is 2. The van der Waals surface area contributed by atoms with Crippen LogP contribution in [-0.4, -0.2) is 11.7 Å². The lowest BCUT2D eigenvalue weighted by atomic mass is 9.94. The van der Waals surface area contributed by atoms with Crippen molar-refractivity contribution in [1.82, 2.24) is 5.32 Å². The van der Waals surface area contributed by atoms with Crippen LogP contribution in [0.3, 0.4) is 0 Å². The molecule has 1 heterocycles. The third-order valence-corrected chi connectivity index (χ3v) is 3.20. The lowest BCUT2D eigenvalue weighted by Crippen LogP contribution is -2.27. The van der Waals surface area contributed by atoms with Gasteiger partial charge in [0.25, 0.3) is 0 Å². The summed E-state index contributed by atoms with van der Waals surface area (Å²) < 4.78 is 0. The third kappa shape index (κ3) is 2.51. The predicted molar refractivity (Wildman–Crippen MR) is 62.0 cm³/mol. The maximum atomic E-state index is 9.27. The molecule has 15 heavy (non-hydrogen) atoms. The van der Waals surface area contributed by atoms with Gasteiger partial charge in [-0.1, -0.05) is 24.1 Å². The van der Waals surface area contributed by atoms with Crippen LogP contribution in [0.5, 0.6) is 0 Å². The standard InChI is InChI=1S/C12H16ClNO/c13-10-5-4-9(8-15)11(7-10)12-3-1-2-6-14-12/h4-5,7,12,14-15H,1-3,6,8H2. The van der Waals surface area contributed by atoms with Gasteiger partial charge in [-0.15, -0.1) is 0 Å². The molecule has 1 aliphatic rings. The average molecular weight is 226 g/mol. The molecule has 82 valence electrons. The van der Waals surface area contributed by atoms with Gasteiger partial charge in [0.1, 0.15) is 0 Å². The first kappa shape index (κ1) is 10.9. The summed E-state index contributed by atoms with van der Waals surface area (Å²) in [6.07, 6.45) is 3.62. The highest BCUT2D eigenvalue weighted by molar-refractivity contribution is 6.30. The Labute approximate surface area is 95.3 Å². The molecule has 1 unspecified atom stereocenters. The fourth-order valence-corrected chi connectivity index (χ4v) is 2.33. The highest BCUT2D eigenvalue weighted by Crippen LogP contribution is 2.28. The topological polar surface area (TPSA) is 32.3 Å². The van der Waals surface area contributed by atoms with E-state index in [1.54, 1.807) is 0 Å². The monoisotopic (exact) mass is 225 g/mol. The summed E-state index contributed by atoms with van der Waals surface area (Å²) in [6.45, 7) is 1.15. The van der Waals surface area contributed by atoms with E-state index < -0.39 is 0 Å². The lowest BCUT2D eigenvalue weighted by molar-refractivity contribution is 0.277. The Bertz CT molecular complexity index is 334. The van der Waals surface area contributed by atoms with Crippen LogP contribution < -0.4 is 5.32 Å². The van der Waals surface area contributed by atoms with E-state index in [2.05, 4.69) is 5.32 Å². The molecular weight excluding hydrogens is 210 g/mol. The molecule has 0 saturated carbocycles. The number of nitrogens with one attached hydrogen (secondary N) is 1. The minimum Gasteiger partial charge on any atom is -0.392 e. The summed E-state index contributed by atoms with van der Waals surface area (Å²) in [5, 5.41) is 13.5. The first-order valence-corrected chi connectivity index (χ1v) is 5.81. The zero-order valence-electron chi connectivity index (χ0n) is 8.67. The van der Waals surface area contributed by atoms with E-state index >= 15 is 0 Å². The van der Waals surface area contributed by atoms with Gasteiger partial charge in [-0.2, -0.15) is 0 Å². The van der Waals surface area contributed by atoms with E-state index in [1.165, 1.54) is 12.8 Å². The Balaban J connectivity index is 2.27. The van der Waals surface area contributed by atoms with Crippen molar-refractivity contribution in [2.75, 3.05) is 6.54 Å². The maximum absolute atomic E-state index is 9.27. The lowest BCUT2D eigenvalue weighted by Gasteiger charge is -2.25. The van der Waals surface area contributed by atoms with Gasteiger partial charge in [0.05, 0.1) is 6.61 Å². The SMILES string of the molecule is OCc1ccc(Cl)cc1C1CCCCN1. The fourth-order valence-electron chi connectivity index (χ4n) is 2.15. The summed E-state index contributed by atoms with van der Waals surface area (Å²) >= 11 is 5.98. The first-order valence-electron chi connectivity index (χ1n) is 5.44. The molecule has 1 aromatic rings. The third-order valence-electron chi connectivity index (χ3n) is 2.96. The Morgan fingerprint density at radius 1 is 1.40 bits per heavy atom. The smallest absolute Gasteiger partial charge is 0.0685 e. The number of benzene rings is 1. The van der Waals surface area contributed by atoms with Crippen molar-refractivity contribution in [3.63, 3.8) is 0 Å². The Morgan fingerprint density at radius 3 is 2.93 bits per heavy atom. The average Bonchev–Trinajstić information content (AvgIpc) is 2.30. The van der Waals surface area contributed by atoms with E-state index in [0.717, 1.165) is 29.1 Å². The minimum absolute atomic E-state index is 0.0880. The van der Waals surface area contributed by atoms with Gasteiger partial charge < -0.3 is 10.4 Å². The fraction of sp³-hybridized carbons (Fsp3) is 0.500. The summed E-state index contributed by atoms with van der Waals surface area (Å²) in [7, 11) is 0. The van der Waals surface area contributed by atoms with Crippen LogP contribution >= 0.6 is 11.6 Å². The largest absolute Gasteiger partial charge is 0.392 e. The number of piperidine rings is 1. The number of aliphatic hydroxyl groups excluding tert-OH is 1. The first-order chi connectivity index (χ1) is 7.31. The Hall–Kier alpha value is -0.570. The molecule has 0 aromatic heterocycles. The van der Waals surface area contributed by atoms with Crippen LogP contribution in [0.25, 0.3) is 0 Å². The second-order valence-corrected chi connectivity index (χ2v) is 4.44. The normalized spacial score (nSPS) is 21.6. The molecule has 1 aromatic carbocycles. The zero-order chi connectivity index (χ0) is 10.7. The summed E-state index contributed by atoms with van der Waals surface area (Å²) in [5.74, 6) is 0. The van der Waals surface area contributed by atoms with Crippen LogP contribution in [0.15, 0.2) is 18.2 Å². The second-order valence-electron chi connectivity index (χ2n) is 4.00. The van der Waals surface area contributed by atoms with Gasteiger partial charge in [0.15, 0.2) is 0 Å². The van der Waals surface area contributed by atoms with Gasteiger partial charge in [-0.25, -0.2) is 0 Å². The molecule has 1 fully saturated rings. The van der Waals surface area contributed by atoms with Crippen LogP contribution in [0.4, 0.5) is 0 Å². The molecule has 3 heteroatoms. The second kappa shape index (κ2) is 4.97. The van der Waals surface area contributed by atoms with Crippen LogP contribution in [0.2, 0.25) is 5.02 Å². The Kier molecular flexibility index (Phi) is 3.62. The molecule has 0 bridgehead atoms. The molecule has 0 spiro atoms. The van der Waals surface area contributed by atoms with Gasteiger partial charge >= 0.3 is 0 Å². The molecule has 0 amide bonds. The van der Waals surface area contributed by atoms with Gasteiger partial charge in [-0.3, -0.25) is 0 Å². The van der Waals surface area contributed by atoms with Gasteiger partial charge in [-0.05, 0) is 42.6 Å². The quantitative estimate of drug-likeness (QED) is 0.811. The van der Waals surface area contributed by atoms with E-state index in [0.29, 0.717) is 6.04 Å². The van der Waals surface area contributed by atoms with Crippen LogP contribution in [0.1, 0.15) is 36.4 Å². The van der Waals surface area contributed by atoms with Crippen molar-refractivity contribution in [1.29, 1.82) is 0 Å². The highest BCUT2D eigenvalue weighted by Gasteiger charge is 2.17. The molecule has 1 atom stereocenters. The Morgan fingerprint density at radius 2 is 2.27 bits per heavy atom. The van der Waals surface area contributed by atoms with Crippen molar-refractivity contribution in [2.45, 2.75) is 31.9 Å². The van der Waals surface area contributed by atoms with E-state index in [9.17, 15) is 5.11 Å². The zero-order valence-corrected chi connectivity index (χ0v) is 9.43. The number of halogens is 1. The van der Waals surface area contributed by atoms with Crippen LogP contribution in [0, 0.1) is 0 Å². The minimum atomic E-state index is 0.0880. The van der Waals surface area contributed by atoms with Crippen molar-refractivity contribution in [2.24, 2.45) is 0 Å². The van der Waals surface area contributed by atoms with E-state index in [1.807, 2.05) is 18.2 Å². The molecule has 2 rings (SSSR count). The summed E-state index contributed by atoms with van der Waals surface area (Å²) in [4.78, 5) is 0. The predicted octanol–water partition coefficient (Wildman–Crippen LogP) is 2.65. The number of hydrogen-bond acceptors (Lipinski definition) is 2. The van der Waals surface area contributed by atoms with Gasteiger partial charge in [0.2, 0.25) is 0 Å². The summed E-state index contributed by atoms with van der Waals surface area (Å²) in [5.41, 5.74) is 2.14. The molecule has 1 aliphatic heterocycles. The van der Waals surface area contributed by atoms with Crippen LogP contribution in [-0.2, 0) is 6.61 Å². The number of aliphatic hydroxyl groups is 1. The van der Waals surface area contributed by atoms with Crippen molar-refractivity contribution < 1.29 is 5.11 Å². The molecule has 0 radical (unpaired) electrons. The highest BCUT2D eigenvalue weighted by atomic mass is 35.5. The molecule has 2 N–H and O–H groups in total. The molecule has 2 nitrogen and oxygen atoms in total. The van der Waals surface area contributed by atoms with E-state index in [-0.39, 0.29) is 6.61 Å². The molecule has 0 aliphatic carbocycles. The van der Waals surface area contributed by atoms with Crippen molar-refractivity contribution in [3.05, 3.63) is 34.3 Å². The molecular formula is C12H16ClNO.